The zero-order valence-electron chi connectivity index (χ0n) is 15.9. The summed E-state index contributed by atoms with van der Waals surface area (Å²) in [5, 5.41) is 19.3. The van der Waals surface area contributed by atoms with E-state index >= 15 is 0 Å². The number of carbonyl (C=O) groups is 1. The highest BCUT2D eigenvalue weighted by Crippen LogP contribution is 2.43. The van der Waals surface area contributed by atoms with Gasteiger partial charge in [-0.05, 0) is 36.0 Å². The highest BCUT2D eigenvalue weighted by molar-refractivity contribution is 8.13. The molecule has 3 aliphatic heterocycles. The number of fused-ring (bicyclic) bond motifs is 2. The molecule has 5 heterocycles. The number of rotatable bonds is 2. The molecule has 0 radical (unpaired) electrons. The van der Waals surface area contributed by atoms with Crippen LogP contribution >= 0.6 is 35.0 Å². The van der Waals surface area contributed by atoms with Gasteiger partial charge in [-0.15, -0.1) is 0 Å². The summed E-state index contributed by atoms with van der Waals surface area (Å²) in [7, 11) is 0. The van der Waals surface area contributed by atoms with E-state index < -0.39 is 0 Å². The maximum Gasteiger partial charge on any atom is 0.175 e. The number of amidine groups is 1. The lowest BCUT2D eigenvalue weighted by atomic mass is 9.82. The van der Waals surface area contributed by atoms with Crippen LogP contribution in [0.3, 0.4) is 0 Å². The Morgan fingerprint density at radius 1 is 1.16 bits per heavy atom. The average Bonchev–Trinajstić information content (AvgIpc) is 3.47. The summed E-state index contributed by atoms with van der Waals surface area (Å²) in [5.41, 5.74) is 2.46. The predicted molar refractivity (Wildman–Crippen MR) is 120 cm³/mol. The first-order valence-electron chi connectivity index (χ1n) is 9.71. The molecule has 8 nitrogen and oxygen atoms in total. The van der Waals surface area contributed by atoms with E-state index in [1.165, 1.54) is 11.8 Å². The van der Waals surface area contributed by atoms with Crippen LogP contribution in [-0.2, 0) is 4.79 Å². The van der Waals surface area contributed by atoms with Gasteiger partial charge in [0.15, 0.2) is 16.0 Å². The maximum atomic E-state index is 12.7. The number of furan rings is 1. The van der Waals surface area contributed by atoms with Crippen molar-refractivity contribution in [2.24, 2.45) is 4.99 Å². The van der Waals surface area contributed by atoms with E-state index in [1.807, 2.05) is 24.3 Å². The van der Waals surface area contributed by atoms with Crippen LogP contribution in [-0.4, -0.2) is 46.3 Å². The van der Waals surface area contributed by atoms with Gasteiger partial charge in [-0.3, -0.25) is 14.9 Å². The van der Waals surface area contributed by atoms with Crippen molar-refractivity contribution in [2.45, 2.75) is 23.1 Å². The molecular weight excluding hydrogens is 459 g/mol. The number of ketones is 1. The van der Waals surface area contributed by atoms with Crippen LogP contribution in [0.15, 0.2) is 66.3 Å². The highest BCUT2D eigenvalue weighted by Gasteiger charge is 2.38. The van der Waals surface area contributed by atoms with Gasteiger partial charge in [-0.25, -0.2) is 0 Å². The maximum absolute atomic E-state index is 12.7. The monoisotopic (exact) mass is 474 g/mol. The number of anilines is 1. The van der Waals surface area contributed by atoms with E-state index in [2.05, 4.69) is 31.1 Å². The Morgan fingerprint density at radius 2 is 2.03 bits per heavy atom. The van der Waals surface area contributed by atoms with Gasteiger partial charge < -0.3 is 20.4 Å². The number of H-pyrrole nitrogens is 1. The molecule has 2 aromatic heterocycles. The van der Waals surface area contributed by atoms with Gasteiger partial charge in [-0.1, -0.05) is 23.2 Å². The first-order chi connectivity index (χ1) is 15.1. The fraction of sp³-hybridized carbons (Fsp3) is 0.250. The molecule has 3 atom stereocenters. The molecule has 6 rings (SSSR count). The number of aromatic nitrogens is 2. The SMILES string of the molecule is O=C1CNCC2=C1C(c1ccc(SC3=NC4C=C(Cl)C(Cl)=CC4N3)o1)c1cn[nH]c1N2. The molecule has 0 spiro atoms. The number of carbonyl (C=O) groups excluding carboxylic acids is 1. The van der Waals surface area contributed by atoms with Gasteiger partial charge >= 0.3 is 0 Å². The van der Waals surface area contributed by atoms with Crippen LogP contribution < -0.4 is 16.0 Å². The van der Waals surface area contributed by atoms with E-state index in [0.29, 0.717) is 34.0 Å². The number of nitrogens with zero attached hydrogens (tertiary/aromatic N) is 2. The molecule has 0 bridgehead atoms. The van der Waals surface area contributed by atoms with E-state index in [1.54, 1.807) is 6.20 Å². The quantitative estimate of drug-likeness (QED) is 0.529. The number of thioether (sulfide) groups is 1. The molecule has 0 saturated carbocycles. The molecule has 0 aromatic carbocycles. The number of hydrogen-bond donors (Lipinski definition) is 4. The molecule has 4 aliphatic rings. The molecule has 1 aliphatic carbocycles. The molecule has 158 valence electrons. The van der Waals surface area contributed by atoms with Gasteiger partial charge in [0.05, 0.1) is 40.8 Å². The Balaban J connectivity index is 1.29. The normalized spacial score (nSPS) is 26.8. The second-order valence-electron chi connectivity index (χ2n) is 7.56. The van der Waals surface area contributed by atoms with E-state index in [4.69, 9.17) is 27.6 Å². The molecular formula is C20H16Cl2N6O2S. The van der Waals surface area contributed by atoms with Crippen molar-refractivity contribution in [1.82, 2.24) is 20.8 Å². The van der Waals surface area contributed by atoms with E-state index in [-0.39, 0.29) is 23.8 Å². The van der Waals surface area contributed by atoms with Crippen molar-refractivity contribution >= 4 is 51.7 Å². The number of aliphatic imine (C=N–C) groups is 1. The lowest BCUT2D eigenvalue weighted by molar-refractivity contribution is -0.115. The summed E-state index contributed by atoms with van der Waals surface area (Å²) >= 11 is 13.6. The predicted octanol–water partition coefficient (Wildman–Crippen LogP) is 3.03. The minimum Gasteiger partial charge on any atom is -0.453 e. The molecule has 3 unspecified atom stereocenters. The third kappa shape index (κ3) is 3.23. The Kier molecular flexibility index (Phi) is 4.53. The minimum absolute atomic E-state index is 0.0232. The van der Waals surface area contributed by atoms with Gasteiger partial charge in [0, 0.05) is 23.4 Å². The van der Waals surface area contributed by atoms with E-state index in [0.717, 1.165) is 27.8 Å². The number of Topliss-reactive ketones (excluding diaryl/α,β-unsaturated/α-hetero) is 1. The molecule has 11 heteroatoms. The van der Waals surface area contributed by atoms with Crippen LogP contribution in [0.25, 0.3) is 0 Å². The molecule has 4 N–H and O–H groups in total. The van der Waals surface area contributed by atoms with Gasteiger partial charge in [0.25, 0.3) is 0 Å². The smallest absolute Gasteiger partial charge is 0.175 e. The fourth-order valence-corrected chi connectivity index (χ4v) is 5.47. The zero-order chi connectivity index (χ0) is 21.1. The summed E-state index contributed by atoms with van der Waals surface area (Å²) < 4.78 is 6.19. The number of aromatic amines is 1. The Morgan fingerprint density at radius 3 is 2.94 bits per heavy atom. The second kappa shape index (κ2) is 7.30. The van der Waals surface area contributed by atoms with Crippen LogP contribution in [0.4, 0.5) is 5.82 Å². The summed E-state index contributed by atoms with van der Waals surface area (Å²) in [6, 6.07) is 3.69. The third-order valence-electron chi connectivity index (χ3n) is 5.64. The van der Waals surface area contributed by atoms with Gasteiger partial charge in [-0.2, -0.15) is 5.10 Å². The topological polar surface area (TPSA) is 107 Å². The Hall–Kier alpha value is -2.46. The Bertz CT molecular complexity index is 1230. The van der Waals surface area contributed by atoms with Crippen molar-refractivity contribution < 1.29 is 9.21 Å². The fourth-order valence-electron chi connectivity index (χ4n) is 4.25. The molecule has 0 amide bonds. The number of hydrogen-bond acceptors (Lipinski definition) is 8. The Labute approximate surface area is 191 Å². The van der Waals surface area contributed by atoms with Crippen molar-refractivity contribution in [3.05, 3.63) is 63.1 Å². The average molecular weight is 475 g/mol. The molecule has 31 heavy (non-hydrogen) atoms. The van der Waals surface area contributed by atoms with E-state index in [9.17, 15) is 4.79 Å². The molecule has 0 saturated heterocycles. The van der Waals surface area contributed by atoms with Crippen LogP contribution in [0, 0.1) is 0 Å². The summed E-state index contributed by atoms with van der Waals surface area (Å²) in [4.78, 5) is 17.4. The lowest BCUT2D eigenvalue weighted by Gasteiger charge is -2.30. The van der Waals surface area contributed by atoms with Crippen molar-refractivity contribution in [2.75, 3.05) is 18.4 Å². The highest BCUT2D eigenvalue weighted by atomic mass is 35.5. The zero-order valence-corrected chi connectivity index (χ0v) is 18.2. The lowest BCUT2D eigenvalue weighted by Crippen LogP contribution is -2.39. The number of halogens is 2. The first-order valence-corrected chi connectivity index (χ1v) is 11.3. The summed E-state index contributed by atoms with van der Waals surface area (Å²) in [6.45, 7) is 0.899. The summed E-state index contributed by atoms with van der Waals surface area (Å²) in [5.74, 6) is 1.22. The number of allylic oxidation sites excluding steroid dienone is 2. The van der Waals surface area contributed by atoms with Crippen LogP contribution in [0.2, 0.25) is 0 Å². The third-order valence-corrected chi connectivity index (χ3v) is 7.23. The first kappa shape index (κ1) is 19.2. The van der Waals surface area contributed by atoms with Crippen LogP contribution in [0.5, 0.6) is 0 Å². The largest absolute Gasteiger partial charge is 0.453 e. The summed E-state index contributed by atoms with van der Waals surface area (Å²) in [6.07, 6.45) is 5.45. The van der Waals surface area contributed by atoms with Crippen LogP contribution in [0.1, 0.15) is 17.2 Å². The molecule has 0 fully saturated rings. The van der Waals surface area contributed by atoms with Crippen molar-refractivity contribution in [1.29, 1.82) is 0 Å². The van der Waals surface area contributed by atoms with Gasteiger partial charge in [0.1, 0.15) is 11.6 Å². The minimum atomic E-state index is -0.307. The second-order valence-corrected chi connectivity index (χ2v) is 9.37. The standard InChI is InChI=1S/C20H16Cl2N6O2S/c21-9-3-11-12(4-10(9)22)27-20(26-11)31-16-2-1-15(30-16)17-8-5-24-28-19(8)25-13-6-23-7-14(29)18(13)17/h1-5,11-12,17,23H,6-7H2,(H,26,27)(H2,24,25,28). The molecule has 2 aromatic rings. The van der Waals surface area contributed by atoms with Crippen molar-refractivity contribution in [3.63, 3.8) is 0 Å². The number of nitrogens with one attached hydrogen (secondary N) is 4. The van der Waals surface area contributed by atoms with Crippen molar-refractivity contribution in [3.8, 4) is 0 Å². The van der Waals surface area contributed by atoms with Gasteiger partial charge in [0.2, 0.25) is 0 Å².